The van der Waals surface area contributed by atoms with Crippen molar-refractivity contribution in [3.8, 4) is 5.75 Å². The second kappa shape index (κ2) is 14.2. The van der Waals surface area contributed by atoms with E-state index in [1.165, 1.54) is 6.07 Å². The molecule has 4 N–H and O–H groups in total. The molecule has 1 heterocycles. The lowest BCUT2D eigenvalue weighted by Crippen LogP contribution is -2.36. The molecule has 0 aromatic heterocycles. The van der Waals surface area contributed by atoms with E-state index in [1.54, 1.807) is 12.1 Å². The summed E-state index contributed by atoms with van der Waals surface area (Å²) >= 11 is 0. The van der Waals surface area contributed by atoms with Crippen molar-refractivity contribution in [1.29, 1.82) is 0 Å². The van der Waals surface area contributed by atoms with E-state index >= 15 is 0 Å². The first-order chi connectivity index (χ1) is 17.7. The Hall–Kier alpha value is -2.01. The van der Waals surface area contributed by atoms with Gasteiger partial charge in [0.15, 0.2) is 0 Å². The van der Waals surface area contributed by atoms with Gasteiger partial charge in [0.2, 0.25) is 15.8 Å². The maximum atomic E-state index is 11.4. The third kappa shape index (κ3) is 10.00. The van der Waals surface area contributed by atoms with Crippen LogP contribution in [-0.4, -0.2) is 45.6 Å². The van der Waals surface area contributed by atoms with Crippen LogP contribution in [0, 0.1) is 0 Å². The second-order valence-electron chi connectivity index (χ2n) is 10.0. The van der Waals surface area contributed by atoms with Gasteiger partial charge in [-0.25, -0.2) is 13.6 Å². The lowest BCUT2D eigenvalue weighted by atomic mass is 10.0. The number of benzene rings is 2. The highest BCUT2D eigenvalue weighted by atomic mass is 32.2. The van der Waals surface area contributed by atoms with Crippen LogP contribution >= 0.6 is 0 Å². The standard InChI is InChI=1S/C28H42N2O6S/c1-28(2)35-21-25-24(14-10-15-27(25)36-28)26(31)20-30-16-6-3-4-7-17-34-18-8-5-11-22-12-9-13-23(19-22)37(29,32)33/h9-10,12-15,19,26,30-31H,3-8,11,16-18,20-21H2,1-2H3,(H2,29,32,33)/t26-/m0/s1. The molecule has 0 unspecified atom stereocenters. The molecule has 0 fully saturated rings. The molecule has 2 aromatic rings. The van der Waals surface area contributed by atoms with Gasteiger partial charge in [-0.1, -0.05) is 37.1 Å². The van der Waals surface area contributed by atoms with Crippen LogP contribution in [0.3, 0.4) is 0 Å². The third-order valence-corrected chi connectivity index (χ3v) is 7.32. The minimum Gasteiger partial charge on any atom is -0.463 e. The molecule has 1 atom stereocenters. The van der Waals surface area contributed by atoms with Crippen LogP contribution < -0.4 is 15.2 Å². The summed E-state index contributed by atoms with van der Waals surface area (Å²) in [5, 5.41) is 19.2. The zero-order valence-electron chi connectivity index (χ0n) is 22.1. The average Bonchev–Trinajstić information content (AvgIpc) is 2.85. The van der Waals surface area contributed by atoms with Gasteiger partial charge in [-0.3, -0.25) is 0 Å². The minimum atomic E-state index is -3.65. The Labute approximate surface area is 221 Å². The molecule has 3 rings (SSSR count). The highest BCUT2D eigenvalue weighted by molar-refractivity contribution is 7.89. The summed E-state index contributed by atoms with van der Waals surface area (Å²) in [7, 11) is -3.65. The molecule has 0 saturated carbocycles. The average molecular weight is 535 g/mol. The summed E-state index contributed by atoms with van der Waals surface area (Å²) in [4.78, 5) is 0.164. The maximum absolute atomic E-state index is 11.4. The first-order valence-corrected chi connectivity index (χ1v) is 14.7. The van der Waals surface area contributed by atoms with Gasteiger partial charge in [-0.15, -0.1) is 0 Å². The van der Waals surface area contributed by atoms with E-state index in [0.29, 0.717) is 19.8 Å². The number of hydrogen-bond donors (Lipinski definition) is 3. The first kappa shape index (κ1) is 29.5. The lowest BCUT2D eigenvalue weighted by molar-refractivity contribution is -0.180. The number of aliphatic hydroxyl groups is 1. The van der Waals surface area contributed by atoms with Crippen LogP contribution in [-0.2, 0) is 32.5 Å². The fourth-order valence-electron chi connectivity index (χ4n) is 4.35. The van der Waals surface area contributed by atoms with E-state index in [2.05, 4.69) is 5.32 Å². The molecule has 0 amide bonds. The maximum Gasteiger partial charge on any atom is 0.238 e. The number of nitrogens with one attached hydrogen (secondary N) is 1. The Morgan fingerprint density at radius 1 is 1.05 bits per heavy atom. The van der Waals surface area contributed by atoms with E-state index in [1.807, 2.05) is 38.1 Å². The zero-order chi connectivity index (χ0) is 26.7. The molecular weight excluding hydrogens is 492 g/mol. The quantitative estimate of drug-likeness (QED) is 0.276. The molecule has 1 aliphatic rings. The molecule has 0 radical (unpaired) electrons. The van der Waals surface area contributed by atoms with Crippen molar-refractivity contribution in [3.05, 3.63) is 59.2 Å². The van der Waals surface area contributed by atoms with Gasteiger partial charge >= 0.3 is 0 Å². The number of primary sulfonamides is 1. The number of unbranched alkanes of at least 4 members (excludes halogenated alkanes) is 4. The van der Waals surface area contributed by atoms with Gasteiger partial charge in [0.1, 0.15) is 5.75 Å². The van der Waals surface area contributed by atoms with Crippen molar-refractivity contribution >= 4 is 10.0 Å². The molecule has 0 aliphatic carbocycles. The summed E-state index contributed by atoms with van der Waals surface area (Å²) in [6, 6.07) is 12.6. The first-order valence-electron chi connectivity index (χ1n) is 13.2. The summed E-state index contributed by atoms with van der Waals surface area (Å²) in [5.74, 6) is 0.136. The Bertz CT molecular complexity index is 1090. The van der Waals surface area contributed by atoms with Crippen molar-refractivity contribution in [2.45, 2.75) is 82.2 Å². The van der Waals surface area contributed by atoms with Crippen LogP contribution in [0.1, 0.15) is 75.2 Å². The van der Waals surface area contributed by atoms with Crippen molar-refractivity contribution < 1.29 is 27.7 Å². The van der Waals surface area contributed by atoms with E-state index < -0.39 is 21.9 Å². The monoisotopic (exact) mass is 534 g/mol. The molecule has 9 heteroatoms. The van der Waals surface area contributed by atoms with E-state index in [-0.39, 0.29) is 4.90 Å². The van der Waals surface area contributed by atoms with Crippen LogP contribution in [0.25, 0.3) is 0 Å². The summed E-state index contributed by atoms with van der Waals surface area (Å²) in [6.45, 7) is 7.04. The van der Waals surface area contributed by atoms with Gasteiger partial charge in [0.25, 0.3) is 0 Å². The topological polar surface area (TPSA) is 120 Å². The molecule has 206 valence electrons. The van der Waals surface area contributed by atoms with Gasteiger partial charge in [0, 0.05) is 39.2 Å². The summed E-state index contributed by atoms with van der Waals surface area (Å²) in [5.41, 5.74) is 2.75. The molecule has 0 saturated heterocycles. The van der Waals surface area contributed by atoms with Gasteiger partial charge in [-0.2, -0.15) is 0 Å². The second-order valence-corrected chi connectivity index (χ2v) is 11.6. The summed E-state index contributed by atoms with van der Waals surface area (Å²) in [6.07, 6.45) is 6.40. The highest BCUT2D eigenvalue weighted by Gasteiger charge is 2.29. The van der Waals surface area contributed by atoms with Crippen molar-refractivity contribution in [2.24, 2.45) is 5.14 Å². The van der Waals surface area contributed by atoms with Gasteiger partial charge < -0.3 is 24.6 Å². The van der Waals surface area contributed by atoms with Gasteiger partial charge in [0.05, 0.1) is 17.6 Å². The number of rotatable bonds is 16. The number of aryl methyl sites for hydroxylation is 1. The number of hydrogen-bond acceptors (Lipinski definition) is 7. The van der Waals surface area contributed by atoms with E-state index in [9.17, 15) is 13.5 Å². The number of fused-ring (bicyclic) bond motifs is 1. The Morgan fingerprint density at radius 3 is 2.57 bits per heavy atom. The van der Waals surface area contributed by atoms with Crippen molar-refractivity contribution in [1.82, 2.24) is 5.32 Å². The molecule has 1 aliphatic heterocycles. The molecule has 0 bridgehead atoms. The molecule has 8 nitrogen and oxygen atoms in total. The largest absolute Gasteiger partial charge is 0.463 e. The number of sulfonamides is 1. The summed E-state index contributed by atoms with van der Waals surface area (Å²) < 4.78 is 40.2. The minimum absolute atomic E-state index is 0.164. The Morgan fingerprint density at radius 2 is 1.78 bits per heavy atom. The Balaban J connectivity index is 1.18. The number of aliphatic hydroxyl groups excluding tert-OH is 1. The molecule has 2 aromatic carbocycles. The lowest BCUT2D eigenvalue weighted by Gasteiger charge is -2.34. The Kier molecular flexibility index (Phi) is 11.4. The van der Waals surface area contributed by atoms with Crippen LogP contribution in [0.5, 0.6) is 5.75 Å². The SMILES string of the molecule is CC1(C)OCc2c(cccc2[C@@H](O)CNCCCCCCOCCCCc2cccc(S(N)(=O)=O)c2)O1. The number of ether oxygens (including phenoxy) is 3. The predicted octanol–water partition coefficient (Wildman–Crippen LogP) is 4.20. The van der Waals surface area contributed by atoms with E-state index in [4.69, 9.17) is 19.3 Å². The van der Waals surface area contributed by atoms with Crippen LogP contribution in [0.4, 0.5) is 0 Å². The fraction of sp³-hybridized carbons (Fsp3) is 0.571. The van der Waals surface area contributed by atoms with Crippen molar-refractivity contribution in [3.63, 3.8) is 0 Å². The zero-order valence-corrected chi connectivity index (χ0v) is 22.9. The van der Waals surface area contributed by atoms with Crippen LogP contribution in [0.15, 0.2) is 47.4 Å². The normalized spacial score (nSPS) is 15.7. The molecular formula is C28H42N2O6S. The fourth-order valence-corrected chi connectivity index (χ4v) is 4.94. The van der Waals surface area contributed by atoms with E-state index in [0.717, 1.165) is 80.5 Å². The molecule has 37 heavy (non-hydrogen) atoms. The van der Waals surface area contributed by atoms with Gasteiger partial charge in [-0.05, 0) is 68.0 Å². The smallest absolute Gasteiger partial charge is 0.238 e. The van der Waals surface area contributed by atoms with Crippen LogP contribution in [0.2, 0.25) is 0 Å². The highest BCUT2D eigenvalue weighted by Crippen LogP contribution is 2.35. The third-order valence-electron chi connectivity index (χ3n) is 6.41. The van der Waals surface area contributed by atoms with Crippen molar-refractivity contribution in [2.75, 3.05) is 26.3 Å². The predicted molar refractivity (Wildman–Crippen MR) is 144 cm³/mol. The molecule has 0 spiro atoms. The number of nitrogens with two attached hydrogens (primary N) is 1.